The van der Waals surface area contributed by atoms with E-state index < -0.39 is 16.8 Å². The van der Waals surface area contributed by atoms with Crippen LogP contribution in [0.4, 0.5) is 5.69 Å². The number of nitrogens with one attached hydrogen (secondary N) is 1. The monoisotopic (exact) mass is 317 g/mol. The molecule has 1 unspecified atom stereocenters. The Morgan fingerprint density at radius 3 is 2.78 bits per heavy atom. The summed E-state index contributed by atoms with van der Waals surface area (Å²) in [6.45, 7) is 5.66. The number of hydrazone groups is 1. The van der Waals surface area contributed by atoms with E-state index in [9.17, 15) is 14.9 Å². The van der Waals surface area contributed by atoms with Gasteiger partial charge in [-0.3, -0.25) is 15.5 Å². The Kier molecular flexibility index (Phi) is 5.10. The maximum absolute atomic E-state index is 12.4. The Morgan fingerprint density at radius 1 is 1.43 bits per heavy atom. The van der Waals surface area contributed by atoms with Crippen molar-refractivity contribution < 1.29 is 14.5 Å². The van der Waals surface area contributed by atoms with Crippen LogP contribution in [0.25, 0.3) is 0 Å². The maximum atomic E-state index is 12.4. The highest BCUT2D eigenvalue weighted by Crippen LogP contribution is 2.34. The zero-order valence-electron chi connectivity index (χ0n) is 13.3. The molecule has 7 heteroatoms. The van der Waals surface area contributed by atoms with Crippen LogP contribution in [0.15, 0.2) is 40.6 Å². The molecule has 1 atom stereocenters. The first-order chi connectivity index (χ1) is 11.0. The van der Waals surface area contributed by atoms with Crippen LogP contribution in [0.5, 0.6) is 0 Å². The van der Waals surface area contributed by atoms with Crippen LogP contribution in [0.3, 0.4) is 0 Å². The number of ether oxygens (including phenoxy) is 1. The number of allylic oxidation sites excluding steroid dienone is 1. The number of esters is 1. The van der Waals surface area contributed by atoms with Gasteiger partial charge in [-0.2, -0.15) is 5.10 Å². The fourth-order valence-corrected chi connectivity index (χ4v) is 2.60. The molecule has 1 aliphatic rings. The van der Waals surface area contributed by atoms with Crippen LogP contribution < -0.4 is 5.43 Å². The molecule has 0 radical (unpaired) electrons. The van der Waals surface area contributed by atoms with Crippen molar-refractivity contribution >= 4 is 17.4 Å². The van der Waals surface area contributed by atoms with Gasteiger partial charge < -0.3 is 4.74 Å². The molecule has 1 aromatic carbocycles. The standard InChI is InChI=1S/C16H19N3O4/c1-4-13-15(11-7-6-8-12(9-11)19(21)22)14(10(3)17-18-13)16(20)23-5-2/h6-9,15,17H,4-5H2,1-3H3. The number of rotatable bonds is 5. The summed E-state index contributed by atoms with van der Waals surface area (Å²) in [5.41, 5.74) is 5.26. The van der Waals surface area contributed by atoms with Gasteiger partial charge in [-0.15, -0.1) is 0 Å². The third kappa shape index (κ3) is 3.39. The van der Waals surface area contributed by atoms with E-state index in [1.807, 2.05) is 6.92 Å². The second-order valence-electron chi connectivity index (χ2n) is 5.11. The molecule has 0 fully saturated rings. The van der Waals surface area contributed by atoms with Gasteiger partial charge in [0.2, 0.25) is 0 Å². The largest absolute Gasteiger partial charge is 0.463 e. The fourth-order valence-electron chi connectivity index (χ4n) is 2.60. The average molecular weight is 317 g/mol. The molecule has 0 saturated heterocycles. The minimum Gasteiger partial charge on any atom is -0.463 e. The van der Waals surface area contributed by atoms with Crippen molar-refractivity contribution in [1.29, 1.82) is 0 Å². The van der Waals surface area contributed by atoms with Gasteiger partial charge >= 0.3 is 5.97 Å². The summed E-state index contributed by atoms with van der Waals surface area (Å²) in [5.74, 6) is -0.880. The molecule has 1 aliphatic heterocycles. The molecule has 0 bridgehead atoms. The SMILES string of the molecule is CCOC(=O)C1=C(C)NN=C(CC)C1c1cccc([N+](=O)[O-])c1. The minimum absolute atomic E-state index is 0.0163. The highest BCUT2D eigenvalue weighted by atomic mass is 16.6. The molecule has 7 nitrogen and oxygen atoms in total. The second-order valence-corrected chi connectivity index (χ2v) is 5.11. The first kappa shape index (κ1) is 16.7. The van der Waals surface area contributed by atoms with E-state index in [0.29, 0.717) is 23.3 Å². The number of benzene rings is 1. The quantitative estimate of drug-likeness (QED) is 0.512. The summed E-state index contributed by atoms with van der Waals surface area (Å²) in [6.07, 6.45) is 0.608. The van der Waals surface area contributed by atoms with E-state index in [2.05, 4.69) is 10.5 Å². The molecule has 122 valence electrons. The van der Waals surface area contributed by atoms with Gasteiger partial charge in [0.15, 0.2) is 0 Å². The third-order valence-electron chi connectivity index (χ3n) is 3.67. The minimum atomic E-state index is -0.450. The topological polar surface area (TPSA) is 93.8 Å². The van der Waals surface area contributed by atoms with Crippen LogP contribution in [0, 0.1) is 10.1 Å². The van der Waals surface area contributed by atoms with Crippen LogP contribution in [0.2, 0.25) is 0 Å². The Balaban J connectivity index is 2.54. The molecule has 2 rings (SSSR count). The normalized spacial score (nSPS) is 17.3. The van der Waals surface area contributed by atoms with Gasteiger partial charge in [-0.1, -0.05) is 19.1 Å². The summed E-state index contributed by atoms with van der Waals surface area (Å²) in [4.78, 5) is 22.9. The van der Waals surface area contributed by atoms with Gasteiger partial charge in [0.25, 0.3) is 5.69 Å². The predicted octanol–water partition coefficient (Wildman–Crippen LogP) is 2.88. The summed E-state index contributed by atoms with van der Waals surface area (Å²) in [5, 5.41) is 15.3. The molecule has 0 aromatic heterocycles. The van der Waals surface area contributed by atoms with E-state index in [-0.39, 0.29) is 12.3 Å². The Bertz CT molecular complexity index is 694. The molecular formula is C16H19N3O4. The van der Waals surface area contributed by atoms with Crippen molar-refractivity contribution in [3.63, 3.8) is 0 Å². The van der Waals surface area contributed by atoms with E-state index in [1.165, 1.54) is 12.1 Å². The van der Waals surface area contributed by atoms with Gasteiger partial charge in [0.1, 0.15) is 0 Å². The first-order valence-corrected chi connectivity index (χ1v) is 7.44. The maximum Gasteiger partial charge on any atom is 0.336 e. The lowest BCUT2D eigenvalue weighted by molar-refractivity contribution is -0.384. The number of carbonyl (C=O) groups excluding carboxylic acids is 1. The third-order valence-corrected chi connectivity index (χ3v) is 3.67. The summed E-state index contributed by atoms with van der Waals surface area (Å²) in [6, 6.07) is 6.28. The van der Waals surface area contributed by atoms with E-state index >= 15 is 0 Å². The first-order valence-electron chi connectivity index (χ1n) is 7.44. The van der Waals surface area contributed by atoms with Gasteiger partial charge in [0.05, 0.1) is 28.7 Å². The zero-order valence-corrected chi connectivity index (χ0v) is 13.3. The molecule has 0 amide bonds. The number of hydrogen-bond acceptors (Lipinski definition) is 6. The highest BCUT2D eigenvalue weighted by Gasteiger charge is 2.33. The summed E-state index contributed by atoms with van der Waals surface area (Å²) < 4.78 is 5.15. The molecule has 0 spiro atoms. The van der Waals surface area contributed by atoms with Crippen molar-refractivity contribution in [3.8, 4) is 0 Å². The molecular weight excluding hydrogens is 298 g/mol. The fraction of sp³-hybridized carbons (Fsp3) is 0.375. The lowest BCUT2D eigenvalue weighted by Gasteiger charge is -2.27. The van der Waals surface area contributed by atoms with E-state index in [0.717, 1.165) is 5.71 Å². The van der Waals surface area contributed by atoms with Crippen molar-refractivity contribution in [2.45, 2.75) is 33.1 Å². The van der Waals surface area contributed by atoms with E-state index in [4.69, 9.17) is 4.74 Å². The molecule has 1 heterocycles. The number of non-ortho nitro benzene ring substituents is 1. The van der Waals surface area contributed by atoms with Crippen molar-refractivity contribution in [2.75, 3.05) is 6.61 Å². The Morgan fingerprint density at radius 2 is 2.17 bits per heavy atom. The van der Waals surface area contributed by atoms with Crippen LogP contribution in [-0.4, -0.2) is 23.2 Å². The van der Waals surface area contributed by atoms with Gasteiger partial charge in [0, 0.05) is 17.8 Å². The number of nitro groups is 1. The molecule has 0 saturated carbocycles. The van der Waals surface area contributed by atoms with Crippen LogP contribution in [-0.2, 0) is 9.53 Å². The van der Waals surface area contributed by atoms with Crippen molar-refractivity contribution in [3.05, 3.63) is 51.2 Å². The Hall–Kier alpha value is -2.70. The second kappa shape index (κ2) is 7.04. The molecule has 23 heavy (non-hydrogen) atoms. The lowest BCUT2D eigenvalue weighted by Crippen LogP contribution is -2.30. The van der Waals surface area contributed by atoms with Crippen LogP contribution in [0.1, 0.15) is 38.7 Å². The predicted molar refractivity (Wildman–Crippen MR) is 86.0 cm³/mol. The molecule has 1 N–H and O–H groups in total. The number of nitrogens with zero attached hydrogens (tertiary/aromatic N) is 2. The van der Waals surface area contributed by atoms with Crippen molar-refractivity contribution in [1.82, 2.24) is 5.43 Å². The Labute approximate surface area is 134 Å². The highest BCUT2D eigenvalue weighted by molar-refractivity contribution is 6.04. The average Bonchev–Trinajstić information content (AvgIpc) is 2.54. The zero-order chi connectivity index (χ0) is 17.0. The molecule has 0 aliphatic carbocycles. The smallest absolute Gasteiger partial charge is 0.336 e. The number of hydrogen-bond donors (Lipinski definition) is 1. The number of nitro benzene ring substituents is 1. The van der Waals surface area contributed by atoms with E-state index in [1.54, 1.807) is 26.0 Å². The van der Waals surface area contributed by atoms with Crippen molar-refractivity contribution in [2.24, 2.45) is 5.10 Å². The number of carbonyl (C=O) groups is 1. The molecule has 1 aromatic rings. The van der Waals surface area contributed by atoms with Gasteiger partial charge in [-0.25, -0.2) is 4.79 Å². The summed E-state index contributed by atoms with van der Waals surface area (Å²) >= 11 is 0. The lowest BCUT2D eigenvalue weighted by atomic mass is 9.83. The van der Waals surface area contributed by atoms with Gasteiger partial charge in [-0.05, 0) is 25.8 Å². The summed E-state index contributed by atoms with van der Waals surface area (Å²) in [7, 11) is 0. The van der Waals surface area contributed by atoms with Crippen LogP contribution >= 0.6 is 0 Å².